The van der Waals surface area contributed by atoms with E-state index in [0.29, 0.717) is 12.8 Å². The van der Waals surface area contributed by atoms with E-state index in [2.05, 4.69) is 30.7 Å². The van der Waals surface area contributed by atoms with Gasteiger partial charge in [0.05, 0.1) is 31.3 Å². The van der Waals surface area contributed by atoms with Crippen LogP contribution < -0.4 is 59.1 Å². The molecule has 0 heterocycles. The van der Waals surface area contributed by atoms with Crippen LogP contribution in [0.2, 0.25) is 0 Å². The van der Waals surface area contributed by atoms with Crippen molar-refractivity contribution in [2.45, 2.75) is 51.4 Å². The summed E-state index contributed by atoms with van der Waals surface area (Å²) >= 11 is 8.15. The average molecular weight is 429 g/mol. The van der Waals surface area contributed by atoms with E-state index in [9.17, 15) is 17.5 Å². The Hall–Kier alpha value is 2.54. The molecule has 2 atom stereocenters. The summed E-state index contributed by atoms with van der Waals surface area (Å²) in [5.74, 6) is 0. The van der Waals surface area contributed by atoms with E-state index < -0.39 is 18.1 Å². The predicted molar refractivity (Wildman–Crippen MR) is 85.0 cm³/mol. The summed E-state index contributed by atoms with van der Waals surface area (Å²) in [7, 11) is -7.45. The van der Waals surface area contributed by atoms with Crippen LogP contribution in [-0.4, -0.2) is 36.2 Å². The molecule has 0 aliphatic heterocycles. The molecule has 0 bridgehead atoms. The Morgan fingerprint density at radius 3 is 1.09 bits per heavy atom. The van der Waals surface area contributed by atoms with E-state index in [0.717, 1.165) is 38.5 Å². The molecule has 0 radical (unpaired) electrons. The van der Waals surface area contributed by atoms with Crippen molar-refractivity contribution in [3.05, 3.63) is 0 Å². The van der Waals surface area contributed by atoms with Crippen LogP contribution >= 0.6 is 0 Å². The van der Waals surface area contributed by atoms with Crippen LogP contribution in [0.4, 0.5) is 0 Å². The zero-order chi connectivity index (χ0) is 15.5. The van der Waals surface area contributed by atoms with Crippen molar-refractivity contribution in [3.63, 3.8) is 0 Å². The van der Waals surface area contributed by atoms with E-state index in [-0.39, 0.29) is 77.8 Å². The van der Waals surface area contributed by atoms with E-state index in [1.165, 1.54) is 0 Å². The normalized spacial score (nSPS) is 15.2. The van der Waals surface area contributed by atoms with Gasteiger partial charge in [-0.2, -0.15) is 0 Å². The molecule has 0 saturated heterocycles. The third-order valence-electron chi connectivity index (χ3n) is 2.49. The molecule has 0 rings (SSSR count). The molecule has 0 aromatic carbocycles. The maximum atomic E-state index is 10.5. The fraction of sp³-hybridized carbons (Fsp3) is 1.00. The molecule has 23 heavy (non-hydrogen) atoms. The minimum absolute atomic E-state index is 0. The third-order valence-corrected chi connectivity index (χ3v) is 3.98. The quantitative estimate of drug-likeness (QED) is 0.210. The van der Waals surface area contributed by atoms with E-state index in [1.54, 1.807) is 0 Å². The summed E-state index contributed by atoms with van der Waals surface area (Å²) in [5, 5.41) is 0. The molecular weight excluding hydrogens is 406 g/mol. The summed E-state index contributed by atoms with van der Waals surface area (Å²) in [6.45, 7) is 0.303. The zero-order valence-corrected chi connectivity index (χ0v) is 20.9. The van der Waals surface area contributed by atoms with Gasteiger partial charge < -0.3 is 14.6 Å². The monoisotopic (exact) mass is 428 g/mol. The van der Waals surface area contributed by atoms with Gasteiger partial charge >= 0.3 is 59.1 Å². The summed E-state index contributed by atoms with van der Waals surface area (Å²) in [4.78, 5) is 0. The van der Waals surface area contributed by atoms with Gasteiger partial charge in [0.1, 0.15) is 0 Å². The average Bonchev–Trinajstić information content (AvgIpc) is 2.27. The first-order valence-electron chi connectivity index (χ1n) is 6.41. The molecule has 0 saturated carbocycles. The molecule has 0 aliphatic carbocycles. The molecule has 2 N–H and O–H groups in total. The summed E-state index contributed by atoms with van der Waals surface area (Å²) in [5.41, 5.74) is 0. The van der Waals surface area contributed by atoms with Crippen molar-refractivity contribution >= 4 is 40.5 Å². The van der Waals surface area contributed by atoms with Gasteiger partial charge in [0.25, 0.3) is 0 Å². The number of rotatable bonds is 13. The van der Waals surface area contributed by atoms with Crippen LogP contribution in [0.1, 0.15) is 51.4 Å². The zero-order valence-electron chi connectivity index (χ0n) is 13.7. The Morgan fingerprint density at radius 2 is 0.870 bits per heavy atom. The fourth-order valence-electron chi connectivity index (χ4n) is 1.59. The van der Waals surface area contributed by atoms with Crippen LogP contribution in [0.15, 0.2) is 0 Å². The van der Waals surface area contributed by atoms with Crippen LogP contribution in [0.25, 0.3) is 0 Å². The summed E-state index contributed by atoms with van der Waals surface area (Å²) in [6.07, 6.45) is 7.31. The Morgan fingerprint density at radius 1 is 0.652 bits per heavy atom. The second kappa shape index (κ2) is 19.3. The molecule has 0 fully saturated rings. The minimum Gasteiger partial charge on any atom is -0.748 e. The molecule has 0 spiro atoms. The molecule has 0 aromatic heterocycles. The second-order valence-electron chi connectivity index (χ2n) is 4.29. The number of hydrogen-bond donors (Lipinski definition) is 0. The summed E-state index contributed by atoms with van der Waals surface area (Å²) < 4.78 is 50.9. The van der Waals surface area contributed by atoms with Gasteiger partial charge in [-0.1, -0.05) is 38.5 Å². The number of hydrogen-bond acceptors (Lipinski definition) is 8. The Balaban J connectivity index is -0.000000602. The van der Waals surface area contributed by atoms with E-state index >= 15 is 0 Å². The molecular formula is C10H22Na2O7S4. The molecule has 2 unspecified atom stereocenters. The maximum absolute atomic E-state index is 10.5. The van der Waals surface area contributed by atoms with Crippen molar-refractivity contribution in [2.75, 3.05) is 13.2 Å². The van der Waals surface area contributed by atoms with Gasteiger partial charge in [-0.3, -0.25) is 8.37 Å². The van der Waals surface area contributed by atoms with Crippen molar-refractivity contribution in [2.24, 2.45) is 0 Å². The SMILES string of the molecule is O.O=S([O-])(=S)OCCCCCCCCCCOS(=O)([O-])=S.[Na+].[Na+]. The Labute approximate surface area is 193 Å². The van der Waals surface area contributed by atoms with Crippen molar-refractivity contribution < 1.29 is 90.5 Å². The Bertz CT molecular complexity index is 400. The molecule has 0 aliphatic rings. The first-order valence-corrected chi connectivity index (χ1v) is 11.1. The van der Waals surface area contributed by atoms with Gasteiger partial charge in [0.15, 0.2) is 0 Å². The topological polar surface area (TPSA) is 130 Å². The van der Waals surface area contributed by atoms with Crippen LogP contribution in [0, 0.1) is 0 Å². The molecule has 0 amide bonds. The van der Waals surface area contributed by atoms with E-state index in [4.69, 9.17) is 0 Å². The van der Waals surface area contributed by atoms with Crippen LogP contribution in [0.5, 0.6) is 0 Å². The minimum atomic E-state index is -3.72. The van der Waals surface area contributed by atoms with Crippen LogP contribution in [-0.2, 0) is 48.8 Å². The molecule has 13 heteroatoms. The standard InChI is InChI=1S/C10H22O6S4.2Na.H2O/c11-19(12,17)15-9-7-5-3-1-2-4-6-8-10-16-20(13,14)18;;;/h1-10H2,(H,11,12,17)(H,13,14,18);;;1H2/q;2*+1;/p-2. The van der Waals surface area contributed by atoms with Gasteiger partial charge in [-0.05, 0) is 35.2 Å². The molecule has 130 valence electrons. The molecule has 0 aromatic rings. The first kappa shape index (κ1) is 33.1. The fourth-order valence-corrected chi connectivity index (χ4v) is 2.64. The van der Waals surface area contributed by atoms with Gasteiger partial charge in [0.2, 0.25) is 0 Å². The second-order valence-corrected chi connectivity index (χ2v) is 8.84. The van der Waals surface area contributed by atoms with Gasteiger partial charge in [-0.15, -0.1) is 0 Å². The van der Waals surface area contributed by atoms with Crippen molar-refractivity contribution in [1.29, 1.82) is 0 Å². The van der Waals surface area contributed by atoms with Gasteiger partial charge in [0, 0.05) is 0 Å². The van der Waals surface area contributed by atoms with Crippen LogP contribution in [0.3, 0.4) is 0 Å². The van der Waals surface area contributed by atoms with Gasteiger partial charge in [-0.25, -0.2) is 8.42 Å². The largest absolute Gasteiger partial charge is 1.00 e. The smallest absolute Gasteiger partial charge is 0.748 e. The maximum Gasteiger partial charge on any atom is 1.00 e. The summed E-state index contributed by atoms with van der Waals surface area (Å²) in [6, 6.07) is 0. The number of unbranched alkanes of at least 4 members (excludes halogenated alkanes) is 7. The van der Waals surface area contributed by atoms with E-state index in [1.807, 2.05) is 0 Å². The van der Waals surface area contributed by atoms with Crippen molar-refractivity contribution in [3.8, 4) is 0 Å². The Kier molecular flexibility index (Phi) is 27.8. The predicted octanol–water partition coefficient (Wildman–Crippen LogP) is -5.09. The first-order chi connectivity index (χ1) is 9.21. The van der Waals surface area contributed by atoms with Crippen molar-refractivity contribution in [1.82, 2.24) is 0 Å². The molecule has 7 nitrogen and oxygen atoms in total. The third kappa shape index (κ3) is 32.7.